The van der Waals surface area contributed by atoms with Crippen molar-refractivity contribution < 1.29 is 9.53 Å². The highest BCUT2D eigenvalue weighted by molar-refractivity contribution is 5.80. The number of nitriles is 1. The first kappa shape index (κ1) is 14.3. The van der Waals surface area contributed by atoms with Crippen LogP contribution in [-0.4, -0.2) is 36.1 Å². The van der Waals surface area contributed by atoms with E-state index in [2.05, 4.69) is 13.0 Å². The Morgan fingerprint density at radius 2 is 1.84 bits per heavy atom. The third-order valence-corrected chi connectivity index (χ3v) is 4.98. The Morgan fingerprint density at radius 3 is 2.26 bits per heavy atom. The van der Waals surface area contributed by atoms with Gasteiger partial charge in [-0.3, -0.25) is 4.79 Å². The standard InChI is InChI=1S/C15H24N2O2/c1-10-11(2)19-12(3)13(10)14(18)17-7-5-15(4,9-16)6-8-17/h10-13H,5-8H2,1-4H3. The lowest BCUT2D eigenvalue weighted by molar-refractivity contribution is -0.139. The molecule has 4 heteroatoms. The van der Waals surface area contributed by atoms with E-state index in [0.717, 1.165) is 12.8 Å². The summed E-state index contributed by atoms with van der Waals surface area (Å²) in [5.74, 6) is 0.456. The summed E-state index contributed by atoms with van der Waals surface area (Å²) in [5.41, 5.74) is -0.256. The summed E-state index contributed by atoms with van der Waals surface area (Å²) in [5, 5.41) is 9.13. The van der Waals surface area contributed by atoms with Crippen molar-refractivity contribution in [3.05, 3.63) is 0 Å². The second-order valence-corrected chi connectivity index (χ2v) is 6.43. The van der Waals surface area contributed by atoms with Crippen LogP contribution in [0.25, 0.3) is 0 Å². The molecular formula is C15H24N2O2. The van der Waals surface area contributed by atoms with Gasteiger partial charge in [-0.05, 0) is 39.5 Å². The van der Waals surface area contributed by atoms with Crippen LogP contribution in [0.2, 0.25) is 0 Å². The van der Waals surface area contributed by atoms with Crippen LogP contribution < -0.4 is 0 Å². The van der Waals surface area contributed by atoms with E-state index in [1.165, 1.54) is 0 Å². The Morgan fingerprint density at radius 1 is 1.26 bits per heavy atom. The van der Waals surface area contributed by atoms with Gasteiger partial charge in [-0.2, -0.15) is 5.26 Å². The Hall–Kier alpha value is -1.08. The summed E-state index contributed by atoms with van der Waals surface area (Å²) >= 11 is 0. The van der Waals surface area contributed by atoms with Gasteiger partial charge in [0.05, 0.1) is 29.6 Å². The predicted octanol–water partition coefficient (Wildman–Crippen LogP) is 2.20. The Kier molecular flexibility index (Phi) is 3.87. The van der Waals surface area contributed by atoms with Crippen LogP contribution in [0.1, 0.15) is 40.5 Å². The molecule has 19 heavy (non-hydrogen) atoms. The van der Waals surface area contributed by atoms with E-state index in [4.69, 9.17) is 10.00 Å². The largest absolute Gasteiger partial charge is 0.374 e. The number of carbonyl (C=O) groups excluding carboxylic acids is 1. The predicted molar refractivity (Wildman–Crippen MR) is 72.2 cm³/mol. The van der Waals surface area contributed by atoms with E-state index >= 15 is 0 Å². The zero-order chi connectivity index (χ0) is 14.2. The van der Waals surface area contributed by atoms with Gasteiger partial charge in [-0.15, -0.1) is 0 Å². The highest BCUT2D eigenvalue weighted by atomic mass is 16.5. The minimum atomic E-state index is -0.256. The number of ether oxygens (including phenoxy) is 1. The first-order chi connectivity index (χ1) is 8.88. The Labute approximate surface area is 115 Å². The molecule has 1 amide bonds. The van der Waals surface area contributed by atoms with Gasteiger partial charge in [0.15, 0.2) is 0 Å². The van der Waals surface area contributed by atoms with Crippen molar-refractivity contribution in [3.8, 4) is 6.07 Å². The molecule has 0 spiro atoms. The highest BCUT2D eigenvalue weighted by Gasteiger charge is 2.44. The zero-order valence-electron chi connectivity index (χ0n) is 12.3. The van der Waals surface area contributed by atoms with E-state index in [0.29, 0.717) is 13.1 Å². The van der Waals surface area contributed by atoms with Crippen LogP contribution in [0, 0.1) is 28.6 Å². The lowest BCUT2D eigenvalue weighted by Crippen LogP contribution is -2.46. The molecule has 0 bridgehead atoms. The summed E-state index contributed by atoms with van der Waals surface area (Å²) in [4.78, 5) is 14.6. The first-order valence-electron chi connectivity index (χ1n) is 7.23. The average Bonchev–Trinajstić information content (AvgIpc) is 2.63. The van der Waals surface area contributed by atoms with Gasteiger partial charge < -0.3 is 9.64 Å². The van der Waals surface area contributed by atoms with Crippen molar-refractivity contribution in [2.75, 3.05) is 13.1 Å². The minimum Gasteiger partial charge on any atom is -0.374 e. The molecule has 2 heterocycles. The smallest absolute Gasteiger partial charge is 0.228 e. The quantitative estimate of drug-likeness (QED) is 0.729. The lowest BCUT2D eigenvalue weighted by atomic mass is 9.81. The fraction of sp³-hybridized carbons (Fsp3) is 0.867. The third-order valence-electron chi connectivity index (χ3n) is 4.98. The van der Waals surface area contributed by atoms with Crippen molar-refractivity contribution in [2.45, 2.75) is 52.7 Å². The SMILES string of the molecule is CC1OC(C)C(C(=O)N2CCC(C)(C#N)CC2)C1C. The second kappa shape index (κ2) is 5.13. The molecule has 106 valence electrons. The molecule has 2 rings (SSSR count). The van der Waals surface area contributed by atoms with Gasteiger partial charge in [-0.1, -0.05) is 6.92 Å². The molecule has 0 saturated carbocycles. The number of nitrogens with zero attached hydrogens (tertiary/aromatic N) is 2. The van der Waals surface area contributed by atoms with Gasteiger partial charge in [-0.25, -0.2) is 0 Å². The number of piperidine rings is 1. The van der Waals surface area contributed by atoms with Crippen LogP contribution >= 0.6 is 0 Å². The number of likely N-dealkylation sites (tertiary alicyclic amines) is 1. The first-order valence-corrected chi connectivity index (χ1v) is 7.23. The van der Waals surface area contributed by atoms with E-state index in [-0.39, 0.29) is 35.4 Å². The maximum absolute atomic E-state index is 12.6. The molecule has 2 aliphatic rings. The number of hydrogen-bond acceptors (Lipinski definition) is 3. The third kappa shape index (κ3) is 2.62. The van der Waals surface area contributed by atoms with E-state index in [1.54, 1.807) is 0 Å². The normalized spacial score (nSPS) is 37.9. The molecule has 4 unspecified atom stereocenters. The van der Waals surface area contributed by atoms with Crippen molar-refractivity contribution in [3.63, 3.8) is 0 Å². The molecule has 0 aromatic heterocycles. The molecule has 0 aliphatic carbocycles. The minimum absolute atomic E-state index is 0.00165. The highest BCUT2D eigenvalue weighted by Crippen LogP contribution is 2.36. The van der Waals surface area contributed by atoms with Gasteiger partial charge in [0.25, 0.3) is 0 Å². The maximum atomic E-state index is 12.6. The molecule has 0 aromatic carbocycles. The van der Waals surface area contributed by atoms with E-state index < -0.39 is 0 Å². The van der Waals surface area contributed by atoms with Gasteiger partial charge >= 0.3 is 0 Å². The molecule has 0 N–H and O–H groups in total. The molecule has 4 atom stereocenters. The van der Waals surface area contributed by atoms with Gasteiger partial charge in [0, 0.05) is 13.1 Å². The zero-order valence-corrected chi connectivity index (χ0v) is 12.3. The fourth-order valence-corrected chi connectivity index (χ4v) is 3.24. The summed E-state index contributed by atoms with van der Waals surface area (Å²) in [6.07, 6.45) is 1.71. The van der Waals surface area contributed by atoms with Crippen LogP contribution in [0.15, 0.2) is 0 Å². The van der Waals surface area contributed by atoms with Crippen molar-refractivity contribution in [2.24, 2.45) is 17.3 Å². The molecule has 4 nitrogen and oxygen atoms in total. The van der Waals surface area contributed by atoms with E-state index in [1.807, 2.05) is 25.7 Å². The van der Waals surface area contributed by atoms with Crippen LogP contribution in [0.3, 0.4) is 0 Å². The van der Waals surface area contributed by atoms with Gasteiger partial charge in [0.1, 0.15) is 0 Å². The molecule has 2 aliphatic heterocycles. The number of hydrogen-bond donors (Lipinski definition) is 0. The van der Waals surface area contributed by atoms with Crippen LogP contribution in [0.5, 0.6) is 0 Å². The van der Waals surface area contributed by atoms with Gasteiger partial charge in [0.2, 0.25) is 5.91 Å². The molecule has 2 fully saturated rings. The second-order valence-electron chi connectivity index (χ2n) is 6.43. The Balaban J connectivity index is 2.01. The number of amides is 1. The monoisotopic (exact) mass is 264 g/mol. The molecule has 2 saturated heterocycles. The molecule has 0 radical (unpaired) electrons. The maximum Gasteiger partial charge on any atom is 0.228 e. The lowest BCUT2D eigenvalue weighted by Gasteiger charge is -2.37. The van der Waals surface area contributed by atoms with E-state index in [9.17, 15) is 4.79 Å². The fourth-order valence-electron chi connectivity index (χ4n) is 3.24. The van der Waals surface area contributed by atoms with Crippen molar-refractivity contribution >= 4 is 5.91 Å². The summed E-state index contributed by atoms with van der Waals surface area (Å²) in [6.45, 7) is 9.52. The summed E-state index contributed by atoms with van der Waals surface area (Å²) < 4.78 is 5.76. The van der Waals surface area contributed by atoms with Crippen molar-refractivity contribution in [1.82, 2.24) is 4.90 Å². The number of rotatable bonds is 1. The topological polar surface area (TPSA) is 53.3 Å². The Bertz CT molecular complexity index is 393. The van der Waals surface area contributed by atoms with Crippen LogP contribution in [0.4, 0.5) is 0 Å². The van der Waals surface area contributed by atoms with Crippen LogP contribution in [-0.2, 0) is 9.53 Å². The summed E-state index contributed by atoms with van der Waals surface area (Å²) in [7, 11) is 0. The summed E-state index contributed by atoms with van der Waals surface area (Å²) in [6, 6.07) is 2.37. The molecule has 0 aromatic rings. The average molecular weight is 264 g/mol. The number of carbonyl (C=O) groups is 1. The molecular weight excluding hydrogens is 240 g/mol. The van der Waals surface area contributed by atoms with Crippen molar-refractivity contribution in [1.29, 1.82) is 5.26 Å².